The van der Waals surface area contributed by atoms with Gasteiger partial charge >= 0.3 is 0 Å². The monoisotopic (exact) mass is 346 g/mol. The molecule has 0 saturated carbocycles. The number of hydrogen-bond acceptors (Lipinski definition) is 5. The average molecular weight is 346 g/mol. The minimum atomic E-state index is 0.172. The minimum absolute atomic E-state index is 0.172. The first kappa shape index (κ1) is 15.0. The number of amides is 1. The van der Waals surface area contributed by atoms with Crippen LogP contribution in [-0.4, -0.2) is 45.5 Å². The van der Waals surface area contributed by atoms with Crippen molar-refractivity contribution < 1.29 is 9.53 Å². The molecule has 2 aliphatic rings. The summed E-state index contributed by atoms with van der Waals surface area (Å²) in [5.74, 6) is 1.98. The topological polar surface area (TPSA) is 42.4 Å². The molecule has 0 aliphatic carbocycles. The second-order valence-corrected chi connectivity index (χ2v) is 8.97. The van der Waals surface area contributed by atoms with Crippen molar-refractivity contribution in [2.45, 2.75) is 24.2 Å². The quantitative estimate of drug-likeness (QED) is 0.856. The number of thioether (sulfide) groups is 1. The molecular weight excluding hydrogens is 328 g/mol. The van der Waals surface area contributed by atoms with Crippen molar-refractivity contribution in [2.24, 2.45) is 0 Å². The van der Waals surface area contributed by atoms with Crippen molar-refractivity contribution in [1.29, 1.82) is 0 Å². The third-order valence-electron chi connectivity index (χ3n) is 4.31. The van der Waals surface area contributed by atoms with E-state index in [4.69, 9.17) is 4.74 Å². The summed E-state index contributed by atoms with van der Waals surface area (Å²) in [6.45, 7) is 3.70. The van der Waals surface area contributed by atoms with E-state index in [0.29, 0.717) is 0 Å². The summed E-state index contributed by atoms with van der Waals surface area (Å²) in [6.07, 6.45) is 4.72. The van der Waals surface area contributed by atoms with Crippen LogP contribution in [0.4, 0.5) is 0 Å². The smallest absolute Gasteiger partial charge is 0.264 e. The average Bonchev–Trinajstić information content (AvgIpc) is 3.13. The van der Waals surface area contributed by atoms with Gasteiger partial charge in [-0.15, -0.1) is 23.1 Å². The van der Waals surface area contributed by atoms with Crippen LogP contribution in [0.15, 0.2) is 36.7 Å². The van der Waals surface area contributed by atoms with E-state index in [0.717, 1.165) is 35.9 Å². The summed E-state index contributed by atoms with van der Waals surface area (Å²) >= 11 is 3.52. The van der Waals surface area contributed by atoms with Crippen LogP contribution in [0, 0.1) is 6.92 Å². The van der Waals surface area contributed by atoms with Crippen molar-refractivity contribution in [1.82, 2.24) is 9.88 Å². The largest absolute Gasteiger partial charge is 0.488 e. The number of carbonyl (C=O) groups excluding carboxylic acids is 1. The molecule has 4 rings (SSSR count). The van der Waals surface area contributed by atoms with Crippen LogP contribution in [0.1, 0.15) is 21.0 Å². The Labute approximate surface area is 143 Å². The molecular formula is C17H18N2O2S2. The maximum absolute atomic E-state index is 12.4. The fourth-order valence-electron chi connectivity index (χ4n) is 3.21. The van der Waals surface area contributed by atoms with E-state index in [1.807, 2.05) is 47.9 Å². The molecule has 1 unspecified atom stereocenters. The van der Waals surface area contributed by atoms with Crippen LogP contribution in [0.5, 0.6) is 5.75 Å². The van der Waals surface area contributed by atoms with Crippen molar-refractivity contribution in [3.05, 3.63) is 46.4 Å². The van der Waals surface area contributed by atoms with E-state index >= 15 is 0 Å². The van der Waals surface area contributed by atoms with Gasteiger partial charge in [0, 0.05) is 36.3 Å². The predicted octanol–water partition coefficient (Wildman–Crippen LogP) is 3.23. The van der Waals surface area contributed by atoms with Gasteiger partial charge in [-0.25, -0.2) is 0 Å². The highest BCUT2D eigenvalue weighted by Crippen LogP contribution is 2.46. The summed E-state index contributed by atoms with van der Waals surface area (Å²) in [4.78, 5) is 20.5. The number of thiophene rings is 1. The normalized spacial score (nSPS) is 22.1. The maximum atomic E-state index is 12.4. The lowest BCUT2D eigenvalue weighted by atomic mass is 9.92. The third-order valence-corrected chi connectivity index (χ3v) is 6.87. The molecule has 2 aromatic heterocycles. The second-order valence-electron chi connectivity index (χ2n) is 6.20. The van der Waals surface area contributed by atoms with Gasteiger partial charge in [-0.1, -0.05) is 0 Å². The first-order valence-electron chi connectivity index (χ1n) is 7.70. The van der Waals surface area contributed by atoms with E-state index in [2.05, 4.69) is 4.98 Å². The standard InChI is InChI=1S/C17H18N2O2S2/c1-12-4-5-15(23-12)16(20)19-10-17(11-19)7-14(9-22-17)21-13-3-2-6-18-8-13/h2-6,8,14H,7,9-11H2,1H3. The number of rotatable bonds is 3. The van der Waals surface area contributed by atoms with Crippen LogP contribution in [-0.2, 0) is 0 Å². The van der Waals surface area contributed by atoms with Crippen molar-refractivity contribution in [3.8, 4) is 5.75 Å². The molecule has 4 heterocycles. The number of aryl methyl sites for hydroxylation is 1. The Morgan fingerprint density at radius 2 is 2.26 bits per heavy atom. The molecule has 0 bridgehead atoms. The molecule has 1 spiro atoms. The molecule has 6 heteroatoms. The van der Waals surface area contributed by atoms with Crippen molar-refractivity contribution in [2.75, 3.05) is 18.8 Å². The van der Waals surface area contributed by atoms with Gasteiger partial charge in [0.15, 0.2) is 0 Å². The van der Waals surface area contributed by atoms with Gasteiger partial charge in [0.2, 0.25) is 0 Å². The van der Waals surface area contributed by atoms with Crippen molar-refractivity contribution >= 4 is 29.0 Å². The zero-order valence-corrected chi connectivity index (χ0v) is 14.5. The molecule has 2 aliphatic heterocycles. The highest BCUT2D eigenvalue weighted by atomic mass is 32.2. The summed E-state index contributed by atoms with van der Waals surface area (Å²) in [5.41, 5.74) is 0. The Morgan fingerprint density at radius 1 is 1.39 bits per heavy atom. The molecule has 0 aromatic carbocycles. The van der Waals surface area contributed by atoms with Gasteiger partial charge in [-0.3, -0.25) is 9.78 Å². The number of nitrogens with zero attached hydrogens (tertiary/aromatic N) is 2. The highest BCUT2D eigenvalue weighted by Gasteiger charge is 2.51. The molecule has 0 N–H and O–H groups in total. The third kappa shape index (κ3) is 2.97. The lowest BCUT2D eigenvalue weighted by molar-refractivity contribution is 0.0523. The van der Waals surface area contributed by atoms with Gasteiger partial charge in [0.1, 0.15) is 11.9 Å². The van der Waals surface area contributed by atoms with E-state index < -0.39 is 0 Å². The fourth-order valence-corrected chi connectivity index (χ4v) is 5.56. The fraction of sp³-hybridized carbons (Fsp3) is 0.412. The SMILES string of the molecule is Cc1ccc(C(=O)N2CC3(CC(Oc4cccnc4)CS3)C2)s1. The number of likely N-dealkylation sites (tertiary alicyclic amines) is 1. The summed E-state index contributed by atoms with van der Waals surface area (Å²) in [5, 5.41) is 0. The summed E-state index contributed by atoms with van der Waals surface area (Å²) in [6, 6.07) is 7.78. The second kappa shape index (κ2) is 5.83. The Hall–Kier alpha value is -1.53. The maximum Gasteiger partial charge on any atom is 0.264 e. The molecule has 1 atom stereocenters. The minimum Gasteiger partial charge on any atom is -0.488 e. The number of carbonyl (C=O) groups is 1. The predicted molar refractivity (Wildman–Crippen MR) is 93.4 cm³/mol. The number of ether oxygens (including phenoxy) is 1. The van der Waals surface area contributed by atoms with E-state index in [9.17, 15) is 4.79 Å². The summed E-state index contributed by atoms with van der Waals surface area (Å²) in [7, 11) is 0. The Kier molecular flexibility index (Phi) is 3.81. The molecule has 23 heavy (non-hydrogen) atoms. The van der Waals surface area contributed by atoms with E-state index in [1.165, 1.54) is 4.88 Å². The molecule has 1 amide bonds. The molecule has 120 valence electrons. The first-order chi connectivity index (χ1) is 11.1. The van der Waals surface area contributed by atoms with Gasteiger partial charge in [0.05, 0.1) is 15.8 Å². The zero-order valence-electron chi connectivity index (χ0n) is 12.9. The number of hydrogen-bond donors (Lipinski definition) is 0. The van der Waals surface area contributed by atoms with E-state index in [1.54, 1.807) is 23.7 Å². The molecule has 0 radical (unpaired) electrons. The number of pyridine rings is 1. The Bertz CT molecular complexity index is 710. The molecule has 4 nitrogen and oxygen atoms in total. The Balaban J connectivity index is 1.33. The van der Waals surface area contributed by atoms with Crippen LogP contribution in [0.3, 0.4) is 0 Å². The highest BCUT2D eigenvalue weighted by molar-refractivity contribution is 8.01. The molecule has 2 aromatic rings. The van der Waals surface area contributed by atoms with Gasteiger partial charge in [0.25, 0.3) is 5.91 Å². The summed E-state index contributed by atoms with van der Waals surface area (Å²) < 4.78 is 6.19. The zero-order chi connectivity index (χ0) is 15.9. The van der Waals surface area contributed by atoms with Gasteiger partial charge in [-0.05, 0) is 31.2 Å². The molecule has 2 fully saturated rings. The lowest BCUT2D eigenvalue weighted by Gasteiger charge is -2.47. The lowest BCUT2D eigenvalue weighted by Crippen LogP contribution is -2.60. The van der Waals surface area contributed by atoms with Crippen LogP contribution in [0.2, 0.25) is 0 Å². The Morgan fingerprint density at radius 3 is 2.96 bits per heavy atom. The van der Waals surface area contributed by atoms with Crippen LogP contribution >= 0.6 is 23.1 Å². The van der Waals surface area contributed by atoms with Crippen LogP contribution in [0.25, 0.3) is 0 Å². The van der Waals surface area contributed by atoms with Crippen LogP contribution < -0.4 is 4.74 Å². The first-order valence-corrected chi connectivity index (χ1v) is 9.50. The number of aromatic nitrogens is 1. The van der Waals surface area contributed by atoms with E-state index in [-0.39, 0.29) is 16.8 Å². The van der Waals surface area contributed by atoms with Gasteiger partial charge < -0.3 is 9.64 Å². The molecule has 2 saturated heterocycles. The van der Waals surface area contributed by atoms with Gasteiger partial charge in [-0.2, -0.15) is 0 Å². The van der Waals surface area contributed by atoms with Crippen molar-refractivity contribution in [3.63, 3.8) is 0 Å².